The van der Waals surface area contributed by atoms with Crippen LogP contribution in [0.5, 0.6) is 17.2 Å². The van der Waals surface area contributed by atoms with Gasteiger partial charge in [-0.05, 0) is 29.8 Å². The molecule has 134 valence electrons. The summed E-state index contributed by atoms with van der Waals surface area (Å²) < 4.78 is 16.3. The lowest BCUT2D eigenvalue weighted by atomic mass is 10.1. The molecule has 0 N–H and O–H groups in total. The van der Waals surface area contributed by atoms with E-state index in [0.29, 0.717) is 17.2 Å². The summed E-state index contributed by atoms with van der Waals surface area (Å²) >= 11 is 0. The summed E-state index contributed by atoms with van der Waals surface area (Å²) in [6.45, 7) is 4.79. The number of rotatable bonds is 6. The van der Waals surface area contributed by atoms with Crippen LogP contribution in [0.1, 0.15) is 5.56 Å². The average Bonchev–Trinajstić information content (AvgIpc) is 2.68. The molecule has 1 aliphatic rings. The molecule has 0 amide bonds. The lowest BCUT2D eigenvalue weighted by molar-refractivity contribution is 0.248. The molecule has 1 saturated heterocycles. The summed E-state index contributed by atoms with van der Waals surface area (Å²) in [6.07, 6.45) is 1.84. The third-order valence-corrected chi connectivity index (χ3v) is 4.48. The second-order valence-corrected chi connectivity index (χ2v) is 5.98. The zero-order valence-electron chi connectivity index (χ0n) is 15.1. The van der Waals surface area contributed by atoms with E-state index in [9.17, 15) is 0 Å². The lowest BCUT2D eigenvalue weighted by Gasteiger charge is -2.35. The first-order chi connectivity index (χ1) is 12.2. The van der Waals surface area contributed by atoms with Crippen molar-refractivity contribution in [2.75, 3.05) is 52.4 Å². The van der Waals surface area contributed by atoms with Crippen molar-refractivity contribution in [1.82, 2.24) is 9.88 Å². The molecule has 1 fully saturated rings. The van der Waals surface area contributed by atoms with Gasteiger partial charge in [0.1, 0.15) is 5.82 Å². The molecule has 0 spiro atoms. The van der Waals surface area contributed by atoms with Crippen molar-refractivity contribution in [1.29, 1.82) is 0 Å². The van der Waals surface area contributed by atoms with Gasteiger partial charge < -0.3 is 19.1 Å². The fourth-order valence-electron chi connectivity index (χ4n) is 3.16. The van der Waals surface area contributed by atoms with Gasteiger partial charge in [0.15, 0.2) is 11.5 Å². The van der Waals surface area contributed by atoms with E-state index in [1.165, 1.54) is 0 Å². The van der Waals surface area contributed by atoms with Crippen molar-refractivity contribution in [2.24, 2.45) is 0 Å². The highest BCUT2D eigenvalue weighted by Gasteiger charge is 2.20. The van der Waals surface area contributed by atoms with E-state index in [4.69, 9.17) is 14.2 Å². The number of hydrogen-bond donors (Lipinski definition) is 0. The summed E-state index contributed by atoms with van der Waals surface area (Å²) in [4.78, 5) is 9.19. The minimum absolute atomic E-state index is 0.633. The van der Waals surface area contributed by atoms with Crippen LogP contribution < -0.4 is 19.1 Å². The zero-order chi connectivity index (χ0) is 17.6. The summed E-state index contributed by atoms with van der Waals surface area (Å²) in [5, 5.41) is 0. The second kappa shape index (κ2) is 8.07. The smallest absolute Gasteiger partial charge is 0.203 e. The Balaban J connectivity index is 1.66. The number of benzene rings is 1. The molecule has 3 rings (SSSR count). The van der Waals surface area contributed by atoms with Crippen molar-refractivity contribution in [3.8, 4) is 17.2 Å². The molecule has 0 saturated carbocycles. The fraction of sp³-hybridized carbons (Fsp3) is 0.421. The highest BCUT2D eigenvalue weighted by molar-refractivity contribution is 5.53. The van der Waals surface area contributed by atoms with E-state index in [1.54, 1.807) is 21.3 Å². The number of anilines is 1. The molecule has 1 aromatic heterocycles. The third kappa shape index (κ3) is 3.96. The SMILES string of the molecule is COc1cc(CN2CCN(c3ccccn3)CC2)cc(OC)c1OC. The quantitative estimate of drug-likeness (QED) is 0.803. The predicted octanol–water partition coefficient (Wildman–Crippen LogP) is 2.43. The number of methoxy groups -OCH3 is 3. The first kappa shape index (κ1) is 17.4. The number of aromatic nitrogens is 1. The summed E-state index contributed by atoms with van der Waals surface area (Å²) in [7, 11) is 4.91. The average molecular weight is 343 g/mol. The van der Waals surface area contributed by atoms with Gasteiger partial charge in [0.05, 0.1) is 21.3 Å². The zero-order valence-corrected chi connectivity index (χ0v) is 15.1. The third-order valence-electron chi connectivity index (χ3n) is 4.48. The second-order valence-electron chi connectivity index (χ2n) is 5.98. The molecule has 2 heterocycles. The number of pyridine rings is 1. The fourth-order valence-corrected chi connectivity index (χ4v) is 3.16. The van der Waals surface area contributed by atoms with Crippen LogP contribution >= 0.6 is 0 Å². The molecular weight excluding hydrogens is 318 g/mol. The van der Waals surface area contributed by atoms with Gasteiger partial charge in [-0.2, -0.15) is 0 Å². The maximum absolute atomic E-state index is 5.44. The monoisotopic (exact) mass is 343 g/mol. The van der Waals surface area contributed by atoms with Gasteiger partial charge in [-0.25, -0.2) is 4.98 Å². The minimum atomic E-state index is 0.633. The molecule has 0 bridgehead atoms. The van der Waals surface area contributed by atoms with Gasteiger partial charge in [-0.15, -0.1) is 0 Å². The van der Waals surface area contributed by atoms with Crippen molar-refractivity contribution in [3.63, 3.8) is 0 Å². The molecule has 0 unspecified atom stereocenters. The Labute approximate surface area is 148 Å². The molecule has 6 heteroatoms. The Kier molecular flexibility index (Phi) is 5.60. The van der Waals surface area contributed by atoms with Crippen LogP contribution in [-0.4, -0.2) is 57.4 Å². The Morgan fingerprint density at radius 2 is 1.60 bits per heavy atom. The summed E-state index contributed by atoms with van der Waals surface area (Å²) in [6, 6.07) is 10.1. The number of nitrogens with zero attached hydrogens (tertiary/aromatic N) is 3. The van der Waals surface area contributed by atoms with Crippen LogP contribution in [-0.2, 0) is 6.54 Å². The number of piperazine rings is 1. The molecular formula is C19H25N3O3. The standard InChI is InChI=1S/C19H25N3O3/c1-23-16-12-15(13-17(24-2)19(16)25-3)14-21-8-10-22(11-9-21)18-6-4-5-7-20-18/h4-7,12-13H,8-11,14H2,1-3H3. The lowest BCUT2D eigenvalue weighted by Crippen LogP contribution is -2.46. The maximum atomic E-state index is 5.44. The molecule has 0 radical (unpaired) electrons. The van der Waals surface area contributed by atoms with E-state index in [-0.39, 0.29) is 0 Å². The molecule has 0 atom stereocenters. The van der Waals surface area contributed by atoms with Gasteiger partial charge in [0.2, 0.25) is 5.75 Å². The van der Waals surface area contributed by atoms with Crippen molar-refractivity contribution in [3.05, 3.63) is 42.1 Å². The Morgan fingerprint density at radius 1 is 0.920 bits per heavy atom. The van der Waals surface area contributed by atoms with E-state index >= 15 is 0 Å². The molecule has 2 aromatic rings. The molecule has 6 nitrogen and oxygen atoms in total. The van der Waals surface area contributed by atoms with Crippen molar-refractivity contribution in [2.45, 2.75) is 6.54 Å². The van der Waals surface area contributed by atoms with Crippen molar-refractivity contribution >= 4 is 5.82 Å². The molecule has 1 aromatic carbocycles. The van der Waals surface area contributed by atoms with Crippen molar-refractivity contribution < 1.29 is 14.2 Å². The van der Waals surface area contributed by atoms with Crippen LogP contribution in [0.3, 0.4) is 0 Å². The Morgan fingerprint density at radius 3 is 2.12 bits per heavy atom. The first-order valence-electron chi connectivity index (χ1n) is 8.42. The normalized spacial score (nSPS) is 15.1. The Bertz CT molecular complexity index is 661. The van der Waals surface area contributed by atoms with E-state index < -0.39 is 0 Å². The first-order valence-corrected chi connectivity index (χ1v) is 8.42. The minimum Gasteiger partial charge on any atom is -0.493 e. The van der Waals surface area contributed by atoms with Gasteiger partial charge in [-0.1, -0.05) is 6.07 Å². The van der Waals surface area contributed by atoms with Crippen LogP contribution in [0.25, 0.3) is 0 Å². The van der Waals surface area contributed by atoms with E-state index in [2.05, 4.69) is 20.9 Å². The predicted molar refractivity (Wildman–Crippen MR) is 97.8 cm³/mol. The topological polar surface area (TPSA) is 47.1 Å². The molecule has 25 heavy (non-hydrogen) atoms. The van der Waals surface area contributed by atoms with Crippen LogP contribution in [0.4, 0.5) is 5.82 Å². The molecule has 1 aliphatic heterocycles. The molecule has 0 aliphatic carbocycles. The van der Waals surface area contributed by atoms with Crippen LogP contribution in [0, 0.1) is 0 Å². The van der Waals surface area contributed by atoms with Crippen LogP contribution in [0.15, 0.2) is 36.5 Å². The van der Waals surface area contributed by atoms with Gasteiger partial charge in [0, 0.05) is 38.9 Å². The largest absolute Gasteiger partial charge is 0.493 e. The maximum Gasteiger partial charge on any atom is 0.203 e. The summed E-state index contributed by atoms with van der Waals surface area (Å²) in [5.41, 5.74) is 1.15. The van der Waals surface area contributed by atoms with Gasteiger partial charge >= 0.3 is 0 Å². The van der Waals surface area contributed by atoms with Gasteiger partial charge in [-0.3, -0.25) is 4.90 Å². The number of ether oxygens (including phenoxy) is 3. The van der Waals surface area contributed by atoms with E-state index in [1.807, 2.05) is 30.5 Å². The highest BCUT2D eigenvalue weighted by Crippen LogP contribution is 2.38. The Hall–Kier alpha value is -2.47. The van der Waals surface area contributed by atoms with Crippen LogP contribution in [0.2, 0.25) is 0 Å². The summed E-state index contributed by atoms with van der Waals surface area (Å²) in [5.74, 6) is 3.08. The highest BCUT2D eigenvalue weighted by atomic mass is 16.5. The van der Waals surface area contributed by atoms with Gasteiger partial charge in [0.25, 0.3) is 0 Å². The van der Waals surface area contributed by atoms with E-state index in [0.717, 1.165) is 44.1 Å². The number of hydrogen-bond acceptors (Lipinski definition) is 6.